The van der Waals surface area contributed by atoms with Gasteiger partial charge in [-0.2, -0.15) is 0 Å². The summed E-state index contributed by atoms with van der Waals surface area (Å²) in [4.78, 5) is 28.1. The van der Waals surface area contributed by atoms with Crippen molar-refractivity contribution < 1.29 is 18.0 Å². The van der Waals surface area contributed by atoms with Crippen molar-refractivity contribution in [1.29, 1.82) is 0 Å². The molecule has 1 aromatic heterocycles. The zero-order valence-electron chi connectivity index (χ0n) is 15.8. The van der Waals surface area contributed by atoms with Crippen LogP contribution in [-0.2, 0) is 16.6 Å². The van der Waals surface area contributed by atoms with E-state index in [1.807, 2.05) is 6.07 Å². The molecular formula is C20H16Cl2N4O4S. The number of rotatable bonds is 6. The molecule has 0 saturated heterocycles. The first-order chi connectivity index (χ1) is 14.8. The quantitative estimate of drug-likeness (QED) is 0.371. The van der Waals surface area contributed by atoms with Gasteiger partial charge in [0.15, 0.2) is 0 Å². The second-order valence-electron chi connectivity index (χ2n) is 6.24. The molecule has 0 radical (unpaired) electrons. The van der Waals surface area contributed by atoms with Crippen molar-refractivity contribution in [2.75, 3.05) is 0 Å². The van der Waals surface area contributed by atoms with E-state index in [4.69, 9.17) is 23.2 Å². The molecule has 2 aromatic carbocycles. The molecule has 8 nitrogen and oxygen atoms in total. The Hall–Kier alpha value is -2.98. The number of carbonyl (C=O) groups excluding carboxylic acids is 2. The number of hydrazine groups is 1. The van der Waals surface area contributed by atoms with E-state index in [2.05, 4.69) is 20.6 Å². The van der Waals surface area contributed by atoms with Crippen molar-refractivity contribution in [2.24, 2.45) is 0 Å². The highest BCUT2D eigenvalue weighted by Gasteiger charge is 2.17. The second-order valence-corrected chi connectivity index (χ2v) is 8.78. The van der Waals surface area contributed by atoms with Gasteiger partial charge in [0.1, 0.15) is 5.15 Å². The molecule has 31 heavy (non-hydrogen) atoms. The van der Waals surface area contributed by atoms with E-state index in [-0.39, 0.29) is 32.7 Å². The summed E-state index contributed by atoms with van der Waals surface area (Å²) in [6.07, 6.45) is 1.20. The number of halogens is 2. The predicted octanol–water partition coefficient (Wildman–Crippen LogP) is 2.94. The van der Waals surface area contributed by atoms with Crippen molar-refractivity contribution in [1.82, 2.24) is 20.6 Å². The molecule has 0 fully saturated rings. The molecule has 11 heteroatoms. The van der Waals surface area contributed by atoms with Gasteiger partial charge in [-0.25, -0.2) is 18.1 Å². The van der Waals surface area contributed by atoms with Gasteiger partial charge in [-0.1, -0.05) is 59.6 Å². The van der Waals surface area contributed by atoms with Crippen LogP contribution >= 0.6 is 23.2 Å². The fourth-order valence-corrected chi connectivity index (χ4v) is 3.80. The number of nitrogens with one attached hydrogen (secondary N) is 3. The highest BCUT2D eigenvalue weighted by molar-refractivity contribution is 7.89. The Morgan fingerprint density at radius 3 is 2.23 bits per heavy atom. The first kappa shape index (κ1) is 22.7. The molecule has 0 spiro atoms. The third kappa shape index (κ3) is 6.02. The molecule has 1 heterocycles. The number of hydrogen-bond donors (Lipinski definition) is 3. The summed E-state index contributed by atoms with van der Waals surface area (Å²) in [6.45, 7) is 0.105. The standard InChI is InChI=1S/C20H16Cl2N4O4S/c21-17-10-15(12-23-18(17)22)20(28)26-25-19(27)14-7-4-8-16(9-14)31(29,30)24-11-13-5-2-1-3-6-13/h1-10,12,24H,11H2,(H,25,27)(H,26,28). The minimum atomic E-state index is -3.85. The third-order valence-electron chi connectivity index (χ3n) is 4.06. The van der Waals surface area contributed by atoms with Gasteiger partial charge in [0.25, 0.3) is 11.8 Å². The molecule has 3 aromatic rings. The summed E-state index contributed by atoms with van der Waals surface area (Å²) in [5, 5.41) is 0.128. The Morgan fingerprint density at radius 1 is 0.871 bits per heavy atom. The average molecular weight is 479 g/mol. The van der Waals surface area contributed by atoms with Crippen LogP contribution in [0.2, 0.25) is 10.2 Å². The number of hydrogen-bond acceptors (Lipinski definition) is 5. The predicted molar refractivity (Wildman–Crippen MR) is 116 cm³/mol. The van der Waals surface area contributed by atoms with Crippen LogP contribution in [0.15, 0.2) is 71.8 Å². The smallest absolute Gasteiger partial charge is 0.267 e. The maximum atomic E-state index is 12.5. The minimum absolute atomic E-state index is 0.0372. The van der Waals surface area contributed by atoms with Gasteiger partial charge < -0.3 is 0 Å². The molecule has 0 aliphatic heterocycles. The maximum Gasteiger partial charge on any atom is 0.271 e. The van der Waals surface area contributed by atoms with Gasteiger partial charge in [-0.3, -0.25) is 20.4 Å². The Kier molecular flexibility index (Phi) is 7.24. The van der Waals surface area contributed by atoms with Crippen molar-refractivity contribution in [2.45, 2.75) is 11.4 Å². The van der Waals surface area contributed by atoms with Crippen LogP contribution in [0.25, 0.3) is 0 Å². The van der Waals surface area contributed by atoms with Crippen LogP contribution in [0.5, 0.6) is 0 Å². The van der Waals surface area contributed by atoms with Crippen LogP contribution < -0.4 is 15.6 Å². The van der Waals surface area contributed by atoms with Gasteiger partial charge in [0.2, 0.25) is 10.0 Å². The van der Waals surface area contributed by atoms with Crippen LogP contribution in [-0.4, -0.2) is 25.2 Å². The second kappa shape index (κ2) is 9.88. The molecular weight excluding hydrogens is 463 g/mol. The van der Waals surface area contributed by atoms with Gasteiger partial charge >= 0.3 is 0 Å². The SMILES string of the molecule is O=C(NNC(=O)c1cnc(Cl)c(Cl)c1)c1cccc(S(=O)(=O)NCc2ccccc2)c1. The topological polar surface area (TPSA) is 117 Å². The summed E-state index contributed by atoms with van der Waals surface area (Å²) < 4.78 is 27.6. The Labute approximate surface area is 188 Å². The van der Waals surface area contributed by atoms with Crippen molar-refractivity contribution in [3.8, 4) is 0 Å². The van der Waals surface area contributed by atoms with E-state index >= 15 is 0 Å². The summed E-state index contributed by atoms with van der Waals surface area (Å²) in [6, 6.07) is 15.7. The molecule has 0 bridgehead atoms. The lowest BCUT2D eigenvalue weighted by atomic mass is 10.2. The first-order valence-electron chi connectivity index (χ1n) is 8.81. The largest absolute Gasteiger partial charge is 0.271 e. The summed E-state index contributed by atoms with van der Waals surface area (Å²) in [5.41, 5.74) is 5.32. The molecule has 3 N–H and O–H groups in total. The average Bonchev–Trinajstić information content (AvgIpc) is 2.78. The number of nitrogens with zero attached hydrogens (tertiary/aromatic N) is 1. The summed E-state index contributed by atoms with van der Waals surface area (Å²) >= 11 is 11.5. The Morgan fingerprint density at radius 2 is 1.55 bits per heavy atom. The van der Waals surface area contributed by atoms with E-state index < -0.39 is 21.8 Å². The molecule has 3 rings (SSSR count). The van der Waals surface area contributed by atoms with E-state index in [1.54, 1.807) is 24.3 Å². The van der Waals surface area contributed by atoms with Crippen LogP contribution in [0.3, 0.4) is 0 Å². The fraction of sp³-hybridized carbons (Fsp3) is 0.0500. The maximum absolute atomic E-state index is 12.5. The zero-order valence-corrected chi connectivity index (χ0v) is 18.1. The lowest BCUT2D eigenvalue weighted by molar-refractivity contribution is 0.0846. The minimum Gasteiger partial charge on any atom is -0.267 e. The van der Waals surface area contributed by atoms with Gasteiger partial charge in [-0.15, -0.1) is 0 Å². The summed E-state index contributed by atoms with van der Waals surface area (Å²) in [7, 11) is -3.85. The van der Waals surface area contributed by atoms with Crippen LogP contribution in [0, 0.1) is 0 Å². The highest BCUT2D eigenvalue weighted by atomic mass is 35.5. The zero-order chi connectivity index (χ0) is 22.4. The van der Waals surface area contributed by atoms with Crippen molar-refractivity contribution >= 4 is 45.0 Å². The van der Waals surface area contributed by atoms with Crippen molar-refractivity contribution in [3.05, 3.63) is 93.7 Å². The highest BCUT2D eigenvalue weighted by Crippen LogP contribution is 2.19. The fourth-order valence-electron chi connectivity index (χ4n) is 2.47. The lowest BCUT2D eigenvalue weighted by Crippen LogP contribution is -2.41. The molecule has 0 saturated carbocycles. The molecule has 0 atom stereocenters. The summed E-state index contributed by atoms with van der Waals surface area (Å²) in [5.74, 6) is -1.38. The van der Waals surface area contributed by atoms with E-state index in [0.29, 0.717) is 0 Å². The normalized spacial score (nSPS) is 11.0. The third-order valence-corrected chi connectivity index (χ3v) is 6.15. The van der Waals surface area contributed by atoms with Gasteiger partial charge in [0.05, 0.1) is 15.5 Å². The van der Waals surface area contributed by atoms with Crippen LogP contribution in [0.1, 0.15) is 26.3 Å². The van der Waals surface area contributed by atoms with E-state index in [9.17, 15) is 18.0 Å². The van der Waals surface area contributed by atoms with Crippen LogP contribution in [0.4, 0.5) is 0 Å². The van der Waals surface area contributed by atoms with E-state index in [1.165, 1.54) is 36.5 Å². The number of sulfonamides is 1. The number of carbonyl (C=O) groups is 2. The lowest BCUT2D eigenvalue weighted by Gasteiger charge is -2.10. The monoisotopic (exact) mass is 478 g/mol. The first-order valence-corrected chi connectivity index (χ1v) is 11.1. The molecule has 160 valence electrons. The molecule has 0 aliphatic carbocycles. The molecule has 0 unspecified atom stereocenters. The number of pyridine rings is 1. The van der Waals surface area contributed by atoms with Crippen molar-refractivity contribution in [3.63, 3.8) is 0 Å². The Balaban J connectivity index is 1.65. The number of aromatic nitrogens is 1. The van der Waals surface area contributed by atoms with Gasteiger partial charge in [-0.05, 0) is 29.8 Å². The van der Waals surface area contributed by atoms with Gasteiger partial charge in [0, 0.05) is 18.3 Å². The molecule has 0 aliphatic rings. The molecule has 2 amide bonds. The van der Waals surface area contributed by atoms with E-state index in [0.717, 1.165) is 5.56 Å². The number of benzene rings is 2. The Bertz CT molecular complexity index is 1220. The number of amides is 2.